The van der Waals surface area contributed by atoms with Gasteiger partial charge in [0.2, 0.25) is 0 Å². The molecule has 3 nitrogen and oxygen atoms in total. The summed E-state index contributed by atoms with van der Waals surface area (Å²) in [4.78, 5) is 0. The van der Waals surface area contributed by atoms with Gasteiger partial charge in [-0.2, -0.15) is 0 Å². The number of hydrogen-bond acceptors (Lipinski definition) is 3. The molecule has 0 saturated heterocycles. The average molecular weight is 246 g/mol. The van der Waals surface area contributed by atoms with Crippen molar-refractivity contribution in [3.8, 4) is 5.75 Å². The van der Waals surface area contributed by atoms with Crippen LogP contribution in [-0.2, 0) is 22.3 Å². The Morgan fingerprint density at radius 1 is 1.33 bits per heavy atom. The molecule has 1 aromatic carbocycles. The van der Waals surface area contributed by atoms with Gasteiger partial charge in [0.15, 0.2) is 0 Å². The van der Waals surface area contributed by atoms with Crippen molar-refractivity contribution in [2.45, 2.75) is 45.8 Å². The Hall–Kier alpha value is -0.995. The van der Waals surface area contributed by atoms with Crippen molar-refractivity contribution in [2.24, 2.45) is 0 Å². The maximum Gasteiger partial charge on any atom is 0.498 e. The maximum atomic E-state index is 6.01. The van der Waals surface area contributed by atoms with Crippen molar-refractivity contribution in [3.05, 3.63) is 23.3 Å². The summed E-state index contributed by atoms with van der Waals surface area (Å²) in [6, 6.07) is 4.23. The lowest BCUT2D eigenvalue weighted by atomic mass is 9.76. The highest BCUT2D eigenvalue weighted by atomic mass is 16.6. The maximum absolute atomic E-state index is 6.01. The zero-order chi connectivity index (χ0) is 12.8. The van der Waals surface area contributed by atoms with Gasteiger partial charge in [-0.1, -0.05) is 19.4 Å². The van der Waals surface area contributed by atoms with E-state index in [9.17, 15) is 0 Å². The molecule has 0 saturated carbocycles. The van der Waals surface area contributed by atoms with E-state index in [1.807, 2.05) is 13.8 Å². The van der Waals surface area contributed by atoms with E-state index in [4.69, 9.17) is 14.0 Å². The minimum atomic E-state index is -0.309. The van der Waals surface area contributed by atoms with Crippen LogP contribution in [0, 0.1) is 0 Å². The van der Waals surface area contributed by atoms with E-state index in [2.05, 4.69) is 19.1 Å². The smallest absolute Gasteiger partial charge is 0.491 e. The van der Waals surface area contributed by atoms with Gasteiger partial charge in [0.25, 0.3) is 0 Å². The Balaban J connectivity index is 2.05. The second-order valence-electron chi connectivity index (χ2n) is 5.67. The van der Waals surface area contributed by atoms with Crippen LogP contribution in [0.15, 0.2) is 12.1 Å². The molecule has 2 aliphatic rings. The molecule has 0 N–H and O–H groups in total. The number of benzene rings is 1. The molecule has 0 fully saturated rings. The average Bonchev–Trinajstić information content (AvgIpc) is 2.66. The minimum Gasteiger partial charge on any atom is -0.491 e. The number of aryl methyl sites for hydroxylation is 1. The lowest BCUT2D eigenvalue weighted by molar-refractivity contribution is 0.0352. The molecule has 4 heteroatoms. The summed E-state index contributed by atoms with van der Waals surface area (Å²) in [6.45, 7) is 7.47. The molecule has 0 spiro atoms. The first kappa shape index (κ1) is 12.1. The molecule has 96 valence electrons. The van der Waals surface area contributed by atoms with Gasteiger partial charge in [-0.25, -0.2) is 0 Å². The van der Waals surface area contributed by atoms with Gasteiger partial charge >= 0.3 is 7.12 Å². The Labute approximate surface area is 109 Å². The molecule has 2 aliphatic heterocycles. The zero-order valence-electron chi connectivity index (χ0n) is 11.3. The van der Waals surface area contributed by atoms with Crippen molar-refractivity contribution in [3.63, 3.8) is 0 Å². The number of hydrogen-bond donors (Lipinski definition) is 0. The molecule has 3 rings (SSSR count). The van der Waals surface area contributed by atoms with Crippen molar-refractivity contribution in [1.82, 2.24) is 0 Å². The molecule has 0 amide bonds. The summed E-state index contributed by atoms with van der Waals surface area (Å²) in [5.41, 5.74) is 3.45. The van der Waals surface area contributed by atoms with Crippen LogP contribution in [0.3, 0.4) is 0 Å². The van der Waals surface area contributed by atoms with E-state index in [1.165, 1.54) is 11.1 Å². The molecule has 0 bridgehead atoms. The quantitative estimate of drug-likeness (QED) is 0.747. The summed E-state index contributed by atoms with van der Waals surface area (Å²) in [7, 11) is -0.260. The van der Waals surface area contributed by atoms with E-state index >= 15 is 0 Å². The van der Waals surface area contributed by atoms with Gasteiger partial charge in [0.05, 0.1) is 12.2 Å². The van der Waals surface area contributed by atoms with Crippen molar-refractivity contribution in [1.29, 1.82) is 0 Å². The predicted octanol–water partition coefficient (Wildman–Crippen LogP) is 2.05. The third-order valence-electron chi connectivity index (χ3n) is 3.55. The van der Waals surface area contributed by atoms with Crippen molar-refractivity contribution >= 4 is 12.6 Å². The topological polar surface area (TPSA) is 27.7 Å². The first-order valence-corrected chi connectivity index (χ1v) is 6.67. The Kier molecular flexibility index (Phi) is 2.87. The molecule has 18 heavy (non-hydrogen) atoms. The van der Waals surface area contributed by atoms with Crippen LogP contribution in [0.4, 0.5) is 0 Å². The third kappa shape index (κ3) is 1.93. The Bertz CT molecular complexity index is 470. The van der Waals surface area contributed by atoms with Crippen LogP contribution in [0.1, 0.15) is 38.3 Å². The standard InChI is InChI=1S/C14H19BO3/c1-4-5-10-6-7-12-13-11(10)8-17-15(13)18-14(2,3)9-16-12/h6-7H,4-5,8-9H2,1-3H3. The first-order chi connectivity index (χ1) is 8.61. The lowest BCUT2D eigenvalue weighted by Gasteiger charge is -2.24. The van der Waals surface area contributed by atoms with Crippen LogP contribution in [0.2, 0.25) is 0 Å². The van der Waals surface area contributed by atoms with Crippen LogP contribution in [-0.4, -0.2) is 19.3 Å². The summed E-state index contributed by atoms with van der Waals surface area (Å²) in [5.74, 6) is 0.929. The second-order valence-corrected chi connectivity index (χ2v) is 5.67. The van der Waals surface area contributed by atoms with Gasteiger partial charge in [-0.3, -0.25) is 0 Å². The van der Waals surface area contributed by atoms with E-state index in [-0.39, 0.29) is 12.7 Å². The van der Waals surface area contributed by atoms with Crippen LogP contribution >= 0.6 is 0 Å². The molecule has 2 heterocycles. The molecule has 0 unspecified atom stereocenters. The first-order valence-electron chi connectivity index (χ1n) is 6.67. The SMILES string of the molecule is CCCc1ccc2c3c1COB3OC(C)(C)CO2. The highest BCUT2D eigenvalue weighted by molar-refractivity contribution is 6.64. The molecule has 0 aliphatic carbocycles. The fourth-order valence-electron chi connectivity index (χ4n) is 2.66. The van der Waals surface area contributed by atoms with Gasteiger partial charge in [-0.05, 0) is 37.5 Å². The highest BCUT2D eigenvalue weighted by Gasteiger charge is 2.42. The van der Waals surface area contributed by atoms with Crippen molar-refractivity contribution in [2.75, 3.05) is 6.61 Å². The fraction of sp³-hybridized carbons (Fsp3) is 0.571. The summed E-state index contributed by atoms with van der Waals surface area (Å²) >= 11 is 0. The summed E-state index contributed by atoms with van der Waals surface area (Å²) in [5, 5.41) is 0. The van der Waals surface area contributed by atoms with E-state index < -0.39 is 0 Å². The van der Waals surface area contributed by atoms with Crippen molar-refractivity contribution < 1.29 is 14.0 Å². The largest absolute Gasteiger partial charge is 0.498 e. The highest BCUT2D eigenvalue weighted by Crippen LogP contribution is 2.29. The van der Waals surface area contributed by atoms with Gasteiger partial charge < -0.3 is 14.0 Å². The normalized spacial score (nSPS) is 20.3. The minimum absolute atomic E-state index is 0.260. The molecular weight excluding hydrogens is 227 g/mol. The third-order valence-corrected chi connectivity index (χ3v) is 3.55. The van der Waals surface area contributed by atoms with E-state index in [0.29, 0.717) is 13.2 Å². The van der Waals surface area contributed by atoms with Crippen LogP contribution < -0.4 is 10.2 Å². The fourth-order valence-corrected chi connectivity index (χ4v) is 2.66. The number of ether oxygens (including phenoxy) is 1. The zero-order valence-corrected chi connectivity index (χ0v) is 11.3. The second kappa shape index (κ2) is 4.28. The predicted molar refractivity (Wildman–Crippen MR) is 71.3 cm³/mol. The molecule has 0 radical (unpaired) electrons. The monoisotopic (exact) mass is 246 g/mol. The van der Waals surface area contributed by atoms with Gasteiger partial charge in [0, 0.05) is 5.46 Å². The van der Waals surface area contributed by atoms with Crippen LogP contribution in [0.25, 0.3) is 0 Å². The number of rotatable bonds is 2. The van der Waals surface area contributed by atoms with E-state index in [0.717, 1.165) is 24.1 Å². The summed E-state index contributed by atoms with van der Waals surface area (Å²) in [6.07, 6.45) is 2.23. The lowest BCUT2D eigenvalue weighted by Crippen LogP contribution is -2.40. The molecule has 0 aromatic heterocycles. The van der Waals surface area contributed by atoms with E-state index in [1.54, 1.807) is 0 Å². The van der Waals surface area contributed by atoms with Gasteiger partial charge in [-0.15, -0.1) is 0 Å². The Morgan fingerprint density at radius 2 is 2.17 bits per heavy atom. The Morgan fingerprint density at radius 3 is 2.94 bits per heavy atom. The molecular formula is C14H19BO3. The molecule has 0 atom stereocenters. The van der Waals surface area contributed by atoms with Gasteiger partial charge in [0.1, 0.15) is 12.4 Å². The van der Waals surface area contributed by atoms with Crippen LogP contribution in [0.5, 0.6) is 5.75 Å². The molecule has 1 aromatic rings. The summed E-state index contributed by atoms with van der Waals surface area (Å²) < 4.78 is 17.7.